The van der Waals surface area contributed by atoms with Gasteiger partial charge in [0.15, 0.2) is 0 Å². The second-order valence-electron chi connectivity index (χ2n) is 2.95. The molecule has 1 fully saturated rings. The molecule has 1 saturated heterocycles. The molecule has 0 aromatic rings. The number of carboxylic acids is 1. The Morgan fingerprint density at radius 1 is 1.42 bits per heavy atom. The number of hydrogen-bond acceptors (Lipinski definition) is 3. The molecule has 4 N–H and O–H groups in total. The molecule has 0 aromatic heterocycles. The number of aliphatic carboxylic acids is 1. The smallest absolute Gasteiger partial charge is 0.307 e. The van der Waals surface area contributed by atoms with Crippen LogP contribution >= 0.6 is 0 Å². The highest BCUT2D eigenvalue weighted by Gasteiger charge is 2.34. The fraction of sp³-hybridized carbons (Fsp3) is 0.714. The number of rotatable bonds is 2. The molecular weight excluding hydrogens is 160 g/mol. The Balaban J connectivity index is 2.67. The third-order valence-electron chi connectivity index (χ3n) is 2.16. The van der Waals surface area contributed by atoms with Crippen molar-refractivity contribution in [2.75, 3.05) is 13.1 Å². The number of amides is 1. The Hall–Kier alpha value is -1.10. The minimum atomic E-state index is -0.930. The summed E-state index contributed by atoms with van der Waals surface area (Å²) >= 11 is 0. The molecule has 5 nitrogen and oxygen atoms in total. The van der Waals surface area contributed by atoms with Crippen LogP contribution in [0.5, 0.6) is 0 Å². The molecule has 1 heterocycles. The first-order valence-electron chi connectivity index (χ1n) is 3.85. The van der Waals surface area contributed by atoms with E-state index in [1.54, 1.807) is 0 Å². The molecule has 0 spiro atoms. The Labute approximate surface area is 69.9 Å². The summed E-state index contributed by atoms with van der Waals surface area (Å²) in [6.07, 6.45) is 0.475. The number of carbonyl (C=O) groups excluding carboxylic acids is 1. The Bertz CT molecular complexity index is 183. The Kier molecular flexibility index (Phi) is 2.65. The van der Waals surface area contributed by atoms with E-state index >= 15 is 0 Å². The predicted octanol–water partition coefficient (Wildman–Crippen LogP) is -1.22. The third kappa shape index (κ3) is 1.73. The number of nitrogens with two attached hydrogens (primary N) is 1. The molecule has 12 heavy (non-hydrogen) atoms. The molecule has 68 valence electrons. The molecule has 2 atom stereocenters. The van der Waals surface area contributed by atoms with Crippen molar-refractivity contribution in [3.8, 4) is 0 Å². The van der Waals surface area contributed by atoms with E-state index in [1.807, 2.05) is 0 Å². The van der Waals surface area contributed by atoms with Crippen molar-refractivity contribution in [1.29, 1.82) is 0 Å². The van der Waals surface area contributed by atoms with E-state index in [9.17, 15) is 9.59 Å². The van der Waals surface area contributed by atoms with Crippen LogP contribution in [0, 0.1) is 11.8 Å². The minimum absolute atomic E-state index is 0.381. The normalized spacial score (nSPS) is 29.7. The van der Waals surface area contributed by atoms with Crippen LogP contribution < -0.4 is 11.1 Å². The van der Waals surface area contributed by atoms with Gasteiger partial charge in [0.05, 0.1) is 11.8 Å². The van der Waals surface area contributed by atoms with Gasteiger partial charge in [-0.15, -0.1) is 0 Å². The van der Waals surface area contributed by atoms with Crippen LogP contribution in [-0.4, -0.2) is 30.1 Å². The maximum atomic E-state index is 10.8. The van der Waals surface area contributed by atoms with Gasteiger partial charge in [-0.3, -0.25) is 9.59 Å². The molecule has 1 rings (SSSR count). The van der Waals surface area contributed by atoms with Crippen LogP contribution in [0.15, 0.2) is 0 Å². The van der Waals surface area contributed by atoms with Crippen molar-refractivity contribution in [2.45, 2.75) is 6.42 Å². The summed E-state index contributed by atoms with van der Waals surface area (Å²) in [6.45, 7) is 1.02. The number of carboxylic acid groups (broad SMARTS) is 1. The molecule has 0 bridgehead atoms. The number of primary amides is 1. The summed E-state index contributed by atoms with van der Waals surface area (Å²) in [6, 6.07) is 0. The topological polar surface area (TPSA) is 92.4 Å². The summed E-state index contributed by atoms with van der Waals surface area (Å²) in [5.41, 5.74) is 5.05. The summed E-state index contributed by atoms with van der Waals surface area (Å²) in [5, 5.41) is 11.7. The maximum absolute atomic E-state index is 10.8. The molecule has 0 aliphatic carbocycles. The predicted molar refractivity (Wildman–Crippen MR) is 41.3 cm³/mol. The van der Waals surface area contributed by atoms with Crippen molar-refractivity contribution < 1.29 is 14.7 Å². The molecule has 1 amide bonds. The zero-order valence-electron chi connectivity index (χ0n) is 6.62. The van der Waals surface area contributed by atoms with Crippen LogP contribution in [-0.2, 0) is 9.59 Å². The van der Waals surface area contributed by atoms with Crippen LogP contribution in [0.4, 0.5) is 0 Å². The lowest BCUT2D eigenvalue weighted by atomic mass is 9.86. The number of carbonyl (C=O) groups is 2. The Morgan fingerprint density at radius 2 is 2.08 bits per heavy atom. The van der Waals surface area contributed by atoms with Crippen LogP contribution in [0.1, 0.15) is 6.42 Å². The summed E-state index contributed by atoms with van der Waals surface area (Å²) in [7, 11) is 0. The fourth-order valence-corrected chi connectivity index (χ4v) is 1.45. The molecule has 0 saturated carbocycles. The first-order chi connectivity index (χ1) is 5.63. The van der Waals surface area contributed by atoms with E-state index in [1.165, 1.54) is 0 Å². The van der Waals surface area contributed by atoms with E-state index in [2.05, 4.69) is 5.32 Å². The zero-order valence-corrected chi connectivity index (χ0v) is 6.62. The lowest BCUT2D eigenvalue weighted by molar-refractivity contribution is -0.147. The van der Waals surface area contributed by atoms with Crippen molar-refractivity contribution in [2.24, 2.45) is 17.6 Å². The summed E-state index contributed by atoms with van der Waals surface area (Å²) < 4.78 is 0. The van der Waals surface area contributed by atoms with Crippen LogP contribution in [0.2, 0.25) is 0 Å². The van der Waals surface area contributed by atoms with E-state index in [-0.39, 0.29) is 0 Å². The van der Waals surface area contributed by atoms with Gasteiger partial charge in [-0.2, -0.15) is 0 Å². The first-order valence-corrected chi connectivity index (χ1v) is 3.85. The molecule has 2 unspecified atom stereocenters. The van der Waals surface area contributed by atoms with E-state index in [4.69, 9.17) is 10.8 Å². The van der Waals surface area contributed by atoms with Gasteiger partial charge >= 0.3 is 5.97 Å². The lowest BCUT2D eigenvalue weighted by Gasteiger charge is -2.26. The average Bonchev–Trinajstić information content (AvgIpc) is 2.04. The lowest BCUT2D eigenvalue weighted by Crippen LogP contribution is -2.46. The second kappa shape index (κ2) is 3.53. The van der Waals surface area contributed by atoms with Gasteiger partial charge < -0.3 is 16.2 Å². The molecule has 0 radical (unpaired) electrons. The van der Waals surface area contributed by atoms with Gasteiger partial charge in [-0.1, -0.05) is 0 Å². The van der Waals surface area contributed by atoms with Gasteiger partial charge in [0.25, 0.3) is 0 Å². The molecule has 1 aliphatic heterocycles. The van der Waals surface area contributed by atoms with Crippen molar-refractivity contribution in [3.63, 3.8) is 0 Å². The largest absolute Gasteiger partial charge is 0.481 e. The van der Waals surface area contributed by atoms with Crippen molar-refractivity contribution in [3.05, 3.63) is 0 Å². The van der Waals surface area contributed by atoms with Gasteiger partial charge in [0.2, 0.25) is 5.91 Å². The highest BCUT2D eigenvalue weighted by atomic mass is 16.4. The molecular formula is C7H12N2O3. The third-order valence-corrected chi connectivity index (χ3v) is 2.16. The van der Waals surface area contributed by atoms with E-state index in [0.29, 0.717) is 19.5 Å². The van der Waals surface area contributed by atoms with Gasteiger partial charge in [-0.25, -0.2) is 0 Å². The standard InChI is InChI=1S/C7H12N2O3/c8-6(10)5-3-9-2-1-4(5)7(11)12/h4-5,9H,1-3H2,(H2,8,10)(H,11,12). The molecule has 5 heteroatoms. The maximum Gasteiger partial charge on any atom is 0.307 e. The number of nitrogens with one attached hydrogen (secondary N) is 1. The van der Waals surface area contributed by atoms with Crippen LogP contribution in [0.25, 0.3) is 0 Å². The SMILES string of the molecule is NC(=O)C1CNCCC1C(=O)O. The van der Waals surface area contributed by atoms with Gasteiger partial charge in [0.1, 0.15) is 0 Å². The van der Waals surface area contributed by atoms with Crippen molar-refractivity contribution in [1.82, 2.24) is 5.32 Å². The molecule has 0 aromatic carbocycles. The first kappa shape index (κ1) is 8.99. The van der Waals surface area contributed by atoms with E-state index in [0.717, 1.165) is 0 Å². The Morgan fingerprint density at radius 3 is 2.50 bits per heavy atom. The van der Waals surface area contributed by atoms with Gasteiger partial charge in [-0.05, 0) is 13.0 Å². The number of hydrogen-bond donors (Lipinski definition) is 3. The minimum Gasteiger partial charge on any atom is -0.481 e. The highest BCUT2D eigenvalue weighted by Crippen LogP contribution is 2.18. The number of piperidine rings is 1. The second-order valence-corrected chi connectivity index (χ2v) is 2.95. The summed E-state index contributed by atoms with van der Waals surface area (Å²) in [5.74, 6) is -2.63. The molecule has 1 aliphatic rings. The van der Waals surface area contributed by atoms with Gasteiger partial charge in [0, 0.05) is 6.54 Å². The van der Waals surface area contributed by atoms with E-state index < -0.39 is 23.7 Å². The quantitative estimate of drug-likeness (QED) is 0.487. The van der Waals surface area contributed by atoms with Crippen molar-refractivity contribution >= 4 is 11.9 Å². The highest BCUT2D eigenvalue weighted by molar-refractivity contribution is 5.83. The monoisotopic (exact) mass is 172 g/mol. The zero-order chi connectivity index (χ0) is 9.14. The fourth-order valence-electron chi connectivity index (χ4n) is 1.45. The van der Waals surface area contributed by atoms with Crippen LogP contribution in [0.3, 0.4) is 0 Å². The summed E-state index contributed by atoms with van der Waals surface area (Å²) in [4.78, 5) is 21.4. The average molecular weight is 172 g/mol.